The Morgan fingerprint density at radius 1 is 0.786 bits per heavy atom. The minimum Gasteiger partial charge on any atom is -0.328 e. The number of rotatable bonds is 8. The third kappa shape index (κ3) is 6.13. The maximum absolute atomic E-state index is 5.51. The average Bonchev–Trinajstić information content (AvgIpc) is 2.06. The van der Waals surface area contributed by atoms with Gasteiger partial charge in [-0.2, -0.15) is 0 Å². The smallest absolute Gasteiger partial charge is 0.282 e. The molecule has 0 amide bonds. The van der Waals surface area contributed by atoms with E-state index in [9.17, 15) is 0 Å². The second-order valence-corrected chi connectivity index (χ2v) is 2.73. The van der Waals surface area contributed by atoms with Crippen molar-refractivity contribution >= 4 is 0 Å². The summed E-state index contributed by atoms with van der Waals surface area (Å²) in [7, 11) is 0. The van der Waals surface area contributed by atoms with Crippen molar-refractivity contribution in [2.45, 2.75) is 46.5 Å². The molecule has 0 fully saturated rings. The van der Waals surface area contributed by atoms with Gasteiger partial charge in [0.15, 0.2) is 0 Å². The monoisotopic (exact) mass is 288 g/mol. The van der Waals surface area contributed by atoms with Crippen LogP contribution in [0.3, 0.4) is 0 Å². The fraction of sp³-hybridized carbons (Fsp3) is 1.00. The van der Waals surface area contributed by atoms with Crippen molar-refractivity contribution in [3.05, 3.63) is 0 Å². The first kappa shape index (κ1) is 17.0. The molecule has 0 radical (unpaired) electrons. The molecule has 0 atom stereocenters. The summed E-state index contributed by atoms with van der Waals surface area (Å²) in [4.78, 5) is 0. The van der Waals surface area contributed by atoms with Crippen LogP contribution in [0, 0.1) is 0 Å². The zero-order valence-corrected chi connectivity index (χ0v) is 11.7. The Hall–Kier alpha value is 0.568. The minimum absolute atomic E-state index is 0. The van der Waals surface area contributed by atoms with Crippen molar-refractivity contribution in [1.82, 2.24) is 0 Å². The summed E-state index contributed by atoms with van der Waals surface area (Å²) in [5.41, 5.74) is 0. The predicted molar refractivity (Wildman–Crippen MR) is 52.5 cm³/mol. The molecule has 0 unspecified atom stereocenters. The molecule has 0 rings (SSSR count). The largest absolute Gasteiger partial charge is 0.328 e. The van der Waals surface area contributed by atoms with Crippen LogP contribution in [-0.4, -0.2) is 25.8 Å². The molecular weight excluding hydrogens is 264 g/mol. The van der Waals surface area contributed by atoms with Gasteiger partial charge in [0, 0.05) is 47.3 Å². The SMILES string of the molecule is CCCC(OCC)(OCC)OCC.[Mo]. The van der Waals surface area contributed by atoms with Crippen LogP contribution >= 0.6 is 0 Å². The molecule has 14 heavy (non-hydrogen) atoms. The summed E-state index contributed by atoms with van der Waals surface area (Å²) < 4.78 is 16.5. The zero-order valence-electron chi connectivity index (χ0n) is 9.67. The molecule has 0 aliphatic heterocycles. The van der Waals surface area contributed by atoms with E-state index in [0.29, 0.717) is 19.8 Å². The molecule has 0 saturated heterocycles. The van der Waals surface area contributed by atoms with Crippen molar-refractivity contribution in [1.29, 1.82) is 0 Å². The van der Waals surface area contributed by atoms with E-state index in [4.69, 9.17) is 14.2 Å². The molecule has 0 bridgehead atoms. The van der Waals surface area contributed by atoms with E-state index in [1.54, 1.807) is 0 Å². The van der Waals surface area contributed by atoms with Gasteiger partial charge in [0.2, 0.25) is 0 Å². The van der Waals surface area contributed by atoms with Gasteiger partial charge in [-0.25, -0.2) is 0 Å². The Morgan fingerprint density at radius 3 is 1.36 bits per heavy atom. The maximum atomic E-state index is 5.51. The van der Waals surface area contributed by atoms with Crippen molar-refractivity contribution in [3.8, 4) is 0 Å². The van der Waals surface area contributed by atoms with Gasteiger partial charge >= 0.3 is 0 Å². The number of hydrogen-bond donors (Lipinski definition) is 0. The van der Waals surface area contributed by atoms with Crippen LogP contribution in [0.5, 0.6) is 0 Å². The molecule has 0 aromatic heterocycles. The second-order valence-electron chi connectivity index (χ2n) is 2.73. The minimum atomic E-state index is -0.799. The van der Waals surface area contributed by atoms with Crippen LogP contribution in [-0.2, 0) is 35.3 Å². The van der Waals surface area contributed by atoms with Gasteiger partial charge in [0.05, 0.1) is 0 Å². The summed E-state index contributed by atoms with van der Waals surface area (Å²) in [6, 6.07) is 0. The summed E-state index contributed by atoms with van der Waals surface area (Å²) >= 11 is 0. The van der Waals surface area contributed by atoms with Crippen LogP contribution in [0.2, 0.25) is 0 Å². The second kappa shape index (κ2) is 10.1. The first-order valence-corrected chi connectivity index (χ1v) is 5.16. The first-order valence-electron chi connectivity index (χ1n) is 5.16. The van der Waals surface area contributed by atoms with Crippen molar-refractivity contribution in [3.63, 3.8) is 0 Å². The maximum Gasteiger partial charge on any atom is 0.282 e. The Bertz CT molecular complexity index is 90.4. The van der Waals surface area contributed by atoms with E-state index in [2.05, 4.69) is 6.92 Å². The van der Waals surface area contributed by atoms with E-state index >= 15 is 0 Å². The molecule has 0 aliphatic rings. The molecule has 86 valence electrons. The molecular formula is C10H22MoO3. The van der Waals surface area contributed by atoms with Gasteiger partial charge in [-0.15, -0.1) is 0 Å². The van der Waals surface area contributed by atoms with E-state index in [1.807, 2.05) is 20.8 Å². The fourth-order valence-corrected chi connectivity index (χ4v) is 1.31. The van der Waals surface area contributed by atoms with Crippen LogP contribution in [0.1, 0.15) is 40.5 Å². The molecule has 0 N–H and O–H groups in total. The van der Waals surface area contributed by atoms with Gasteiger partial charge in [-0.1, -0.05) is 6.92 Å². The average molecular weight is 286 g/mol. The molecule has 0 aliphatic carbocycles. The molecule has 0 aromatic rings. The third-order valence-electron chi connectivity index (χ3n) is 1.65. The van der Waals surface area contributed by atoms with Crippen LogP contribution in [0.25, 0.3) is 0 Å². The Labute approximate surface area is 102 Å². The van der Waals surface area contributed by atoms with Gasteiger partial charge < -0.3 is 14.2 Å². The summed E-state index contributed by atoms with van der Waals surface area (Å²) in [6.07, 6.45) is 1.77. The zero-order chi connectivity index (χ0) is 10.2. The molecule has 0 aromatic carbocycles. The van der Waals surface area contributed by atoms with E-state index in [1.165, 1.54) is 0 Å². The topological polar surface area (TPSA) is 27.7 Å². The quantitative estimate of drug-likeness (QED) is 0.507. The molecule has 0 spiro atoms. The van der Waals surface area contributed by atoms with Crippen molar-refractivity contribution in [2.24, 2.45) is 0 Å². The van der Waals surface area contributed by atoms with Crippen LogP contribution < -0.4 is 0 Å². The number of hydrogen-bond acceptors (Lipinski definition) is 3. The first-order chi connectivity index (χ1) is 6.24. The fourth-order valence-electron chi connectivity index (χ4n) is 1.31. The van der Waals surface area contributed by atoms with Gasteiger partial charge in [-0.3, -0.25) is 0 Å². The molecule has 4 heteroatoms. The standard InChI is InChI=1S/C10H22O3.Mo/c1-5-9-10(11-6-2,12-7-3)13-8-4;/h5-9H2,1-4H3;. The van der Waals surface area contributed by atoms with Crippen molar-refractivity contribution < 1.29 is 35.3 Å². The van der Waals surface area contributed by atoms with Gasteiger partial charge in [-0.05, 0) is 27.2 Å². The Morgan fingerprint density at radius 2 is 1.14 bits per heavy atom. The molecule has 0 saturated carbocycles. The third-order valence-corrected chi connectivity index (χ3v) is 1.65. The van der Waals surface area contributed by atoms with Gasteiger partial charge in [0.25, 0.3) is 5.97 Å². The van der Waals surface area contributed by atoms with E-state index < -0.39 is 5.97 Å². The Balaban J connectivity index is 0. The summed E-state index contributed by atoms with van der Waals surface area (Å²) in [5.74, 6) is -0.799. The van der Waals surface area contributed by atoms with Gasteiger partial charge in [0.1, 0.15) is 0 Å². The van der Waals surface area contributed by atoms with Crippen molar-refractivity contribution in [2.75, 3.05) is 19.8 Å². The van der Waals surface area contributed by atoms with Crippen LogP contribution in [0.4, 0.5) is 0 Å². The summed E-state index contributed by atoms with van der Waals surface area (Å²) in [6.45, 7) is 9.76. The van der Waals surface area contributed by atoms with Crippen LogP contribution in [0.15, 0.2) is 0 Å². The molecule has 0 heterocycles. The normalized spacial score (nSPS) is 11.1. The molecule has 3 nitrogen and oxygen atoms in total. The summed E-state index contributed by atoms with van der Waals surface area (Å²) in [5, 5.41) is 0. The Kier molecular flexibility index (Phi) is 12.2. The predicted octanol–water partition coefficient (Wildman–Crippen LogP) is 2.55. The number of ether oxygens (including phenoxy) is 3. The van der Waals surface area contributed by atoms with E-state index in [-0.39, 0.29) is 21.1 Å². The van der Waals surface area contributed by atoms with E-state index in [0.717, 1.165) is 12.8 Å².